The summed E-state index contributed by atoms with van der Waals surface area (Å²) in [5.74, 6) is 0.565. The number of ether oxygens (including phenoxy) is 2. The minimum atomic E-state index is -1.43. The first-order chi connectivity index (χ1) is 18.6. The maximum atomic E-state index is 10.5. The van der Waals surface area contributed by atoms with Gasteiger partial charge in [0.25, 0.3) is 0 Å². The lowest BCUT2D eigenvalue weighted by Crippen LogP contribution is -2.55. The van der Waals surface area contributed by atoms with Crippen LogP contribution in [-0.2, 0) is 9.47 Å². The minimum Gasteiger partial charge on any atom is -0.394 e. The first-order valence-corrected chi connectivity index (χ1v) is 13.4. The molecule has 2 aliphatic heterocycles. The fourth-order valence-corrected chi connectivity index (χ4v) is 6.15. The van der Waals surface area contributed by atoms with Gasteiger partial charge in [-0.1, -0.05) is 36.4 Å². The molecule has 0 aromatic heterocycles. The van der Waals surface area contributed by atoms with Gasteiger partial charge in [0, 0.05) is 0 Å². The van der Waals surface area contributed by atoms with Gasteiger partial charge >= 0.3 is 0 Å². The van der Waals surface area contributed by atoms with Crippen LogP contribution in [0.3, 0.4) is 0 Å². The molecule has 214 valence electrons. The topological polar surface area (TPSA) is 180 Å². The molecule has 8 N–H and O–H groups in total. The van der Waals surface area contributed by atoms with Gasteiger partial charge in [-0.3, -0.25) is 0 Å². The Bertz CT molecular complexity index is 1080. The summed E-state index contributed by atoms with van der Waals surface area (Å²) in [5, 5.41) is 80.5. The van der Waals surface area contributed by atoms with Crippen molar-refractivity contribution in [3.63, 3.8) is 0 Å². The lowest BCUT2D eigenvalue weighted by Gasteiger charge is -2.40. The van der Waals surface area contributed by atoms with Crippen LogP contribution in [-0.4, -0.2) is 103 Å². The second-order valence-corrected chi connectivity index (χ2v) is 11.2. The largest absolute Gasteiger partial charge is 0.394 e. The molecule has 2 aromatic rings. The zero-order valence-electron chi connectivity index (χ0n) is 21.9. The second kappa shape index (κ2) is 11.1. The van der Waals surface area contributed by atoms with Crippen molar-refractivity contribution in [1.29, 1.82) is 0 Å². The Labute approximate surface area is 226 Å². The van der Waals surface area contributed by atoms with Gasteiger partial charge in [0.2, 0.25) is 0 Å². The van der Waals surface area contributed by atoms with E-state index in [9.17, 15) is 40.9 Å². The number of rotatable bonds is 6. The van der Waals surface area contributed by atoms with Crippen molar-refractivity contribution in [3.8, 4) is 0 Å². The zero-order valence-corrected chi connectivity index (χ0v) is 21.9. The molecular weight excluding hydrogens is 508 g/mol. The Balaban J connectivity index is 1.30. The molecule has 39 heavy (non-hydrogen) atoms. The van der Waals surface area contributed by atoms with E-state index in [-0.39, 0.29) is 11.8 Å². The van der Waals surface area contributed by atoms with Crippen molar-refractivity contribution in [2.75, 3.05) is 13.2 Å². The van der Waals surface area contributed by atoms with E-state index in [1.165, 1.54) is 0 Å². The van der Waals surface area contributed by atoms with E-state index in [1.807, 2.05) is 50.2 Å². The molecule has 2 saturated heterocycles. The molecule has 1 aliphatic carbocycles. The average molecular weight is 547 g/mol. The third kappa shape index (κ3) is 5.15. The van der Waals surface area contributed by atoms with Crippen molar-refractivity contribution in [1.82, 2.24) is 0 Å². The van der Waals surface area contributed by atoms with Crippen LogP contribution in [0.5, 0.6) is 0 Å². The van der Waals surface area contributed by atoms with E-state index in [2.05, 4.69) is 0 Å². The van der Waals surface area contributed by atoms with Crippen LogP contribution in [0.1, 0.15) is 63.8 Å². The molecule has 2 heterocycles. The van der Waals surface area contributed by atoms with Crippen molar-refractivity contribution in [2.45, 2.75) is 93.1 Å². The summed E-state index contributed by atoms with van der Waals surface area (Å²) in [4.78, 5) is 0. The van der Waals surface area contributed by atoms with Crippen LogP contribution in [0.25, 0.3) is 0 Å². The van der Waals surface area contributed by atoms with Crippen LogP contribution in [0, 0.1) is 13.8 Å². The Hall–Kier alpha value is -1.96. The van der Waals surface area contributed by atoms with Crippen molar-refractivity contribution in [3.05, 3.63) is 69.8 Å². The number of hydrogen-bond acceptors (Lipinski definition) is 10. The number of hydrogen-bond donors (Lipinski definition) is 8. The lowest BCUT2D eigenvalue weighted by atomic mass is 9.87. The Morgan fingerprint density at radius 1 is 0.590 bits per heavy atom. The van der Waals surface area contributed by atoms with E-state index in [4.69, 9.17) is 9.47 Å². The normalized spacial score (nSPS) is 40.5. The van der Waals surface area contributed by atoms with Crippen LogP contribution >= 0.6 is 0 Å². The zero-order chi connectivity index (χ0) is 28.2. The summed E-state index contributed by atoms with van der Waals surface area (Å²) in [7, 11) is 0. The third-order valence-corrected chi connectivity index (χ3v) is 8.63. The lowest BCUT2D eigenvalue weighted by molar-refractivity contribution is -0.231. The Morgan fingerprint density at radius 3 is 1.31 bits per heavy atom. The predicted molar refractivity (Wildman–Crippen MR) is 138 cm³/mol. The van der Waals surface area contributed by atoms with Gasteiger partial charge in [-0.15, -0.1) is 0 Å². The summed E-state index contributed by atoms with van der Waals surface area (Å²) < 4.78 is 11.5. The van der Waals surface area contributed by atoms with Gasteiger partial charge in [0.1, 0.15) is 61.0 Å². The number of benzene rings is 2. The standard InChI is InChI=1S/C29H38O10/c1-12-7-14(3-5-16(12)28-26(36)24(34)22(32)20(10-30)38-28)18-9-19(18)15-4-6-17(13(2)8-15)29-27(37)25(35)23(33)21(11-31)39-29/h3-8,18-37H,9-11H2,1-2H3/t18?,19?,20-,21-,22-,23-,24+,25+,26-,27+,28-,29-/m1/s1. The van der Waals surface area contributed by atoms with Gasteiger partial charge < -0.3 is 50.3 Å². The molecule has 1 saturated carbocycles. The number of aryl methyl sites for hydroxylation is 2. The molecule has 0 amide bonds. The van der Waals surface area contributed by atoms with Gasteiger partial charge in [0.05, 0.1) is 13.2 Å². The molecule has 2 unspecified atom stereocenters. The Morgan fingerprint density at radius 2 is 0.974 bits per heavy atom. The fourth-order valence-electron chi connectivity index (χ4n) is 6.15. The minimum absolute atomic E-state index is 0.282. The van der Waals surface area contributed by atoms with E-state index in [1.54, 1.807) is 0 Å². The molecule has 10 nitrogen and oxygen atoms in total. The highest BCUT2D eigenvalue weighted by Gasteiger charge is 2.46. The van der Waals surface area contributed by atoms with Crippen LogP contribution < -0.4 is 0 Å². The maximum absolute atomic E-state index is 10.5. The maximum Gasteiger partial charge on any atom is 0.113 e. The van der Waals surface area contributed by atoms with Crippen molar-refractivity contribution in [2.24, 2.45) is 0 Å². The SMILES string of the molecule is Cc1cc(C2CC2c2ccc([C@H]3O[C@H](CO)[C@@H](O)[C@H](O)[C@@H]3O)c(C)c2)ccc1[C@H]1O[C@H](CO)[C@@H](O)[C@H](O)[C@H]1O. The van der Waals surface area contributed by atoms with Crippen LogP contribution in [0.15, 0.2) is 36.4 Å². The molecule has 0 radical (unpaired) electrons. The molecule has 3 aliphatic rings. The van der Waals surface area contributed by atoms with Gasteiger partial charge in [0.15, 0.2) is 0 Å². The van der Waals surface area contributed by atoms with Crippen LogP contribution in [0.4, 0.5) is 0 Å². The number of aliphatic hydroxyl groups excluding tert-OH is 8. The van der Waals surface area contributed by atoms with Crippen LogP contribution in [0.2, 0.25) is 0 Å². The molecule has 2 aromatic carbocycles. The fraction of sp³-hybridized carbons (Fsp3) is 0.586. The quantitative estimate of drug-likeness (QED) is 0.238. The molecule has 0 bridgehead atoms. The molecule has 10 heteroatoms. The smallest absolute Gasteiger partial charge is 0.113 e. The van der Waals surface area contributed by atoms with Crippen molar-refractivity contribution < 1.29 is 50.3 Å². The first kappa shape index (κ1) is 28.6. The highest BCUT2D eigenvalue weighted by molar-refractivity contribution is 5.44. The van der Waals surface area contributed by atoms with Gasteiger partial charge in [-0.25, -0.2) is 0 Å². The van der Waals surface area contributed by atoms with Crippen molar-refractivity contribution >= 4 is 0 Å². The third-order valence-electron chi connectivity index (χ3n) is 8.63. The predicted octanol–water partition coefficient (Wildman–Crippen LogP) is -0.396. The molecule has 5 rings (SSSR count). The highest BCUT2D eigenvalue weighted by atomic mass is 16.6. The van der Waals surface area contributed by atoms with Gasteiger partial charge in [-0.2, -0.15) is 0 Å². The van der Waals surface area contributed by atoms with E-state index >= 15 is 0 Å². The number of aliphatic hydroxyl groups is 8. The Kier molecular flexibility index (Phi) is 8.16. The molecule has 0 spiro atoms. The van der Waals surface area contributed by atoms with E-state index < -0.39 is 74.3 Å². The summed E-state index contributed by atoms with van der Waals surface area (Å²) >= 11 is 0. The highest BCUT2D eigenvalue weighted by Crippen LogP contribution is 2.55. The van der Waals surface area contributed by atoms with Gasteiger partial charge in [-0.05, 0) is 65.5 Å². The first-order valence-electron chi connectivity index (χ1n) is 13.4. The average Bonchev–Trinajstić information content (AvgIpc) is 3.73. The van der Waals surface area contributed by atoms with E-state index in [0.29, 0.717) is 11.1 Å². The summed E-state index contributed by atoms with van der Waals surface area (Å²) in [6.07, 6.45) is -11.0. The summed E-state index contributed by atoms with van der Waals surface area (Å²) in [6, 6.07) is 11.8. The molecular formula is C29H38O10. The summed E-state index contributed by atoms with van der Waals surface area (Å²) in [5.41, 5.74) is 5.37. The summed E-state index contributed by atoms with van der Waals surface area (Å²) in [6.45, 7) is 2.85. The molecule has 12 atom stereocenters. The van der Waals surface area contributed by atoms with E-state index in [0.717, 1.165) is 28.7 Å². The second-order valence-electron chi connectivity index (χ2n) is 11.2. The monoisotopic (exact) mass is 546 g/mol. The molecule has 3 fully saturated rings.